The minimum atomic E-state index is -1.82. The van der Waals surface area contributed by atoms with Gasteiger partial charge in [0.05, 0.1) is 0 Å². The number of hydrogen-bond donors (Lipinski definition) is 0. The summed E-state index contributed by atoms with van der Waals surface area (Å²) < 4.78 is 8.69. The number of hydrogen-bond acceptors (Lipinski definition) is 3. The normalized spacial score (nSPS) is 16.5. The third-order valence-electron chi connectivity index (χ3n) is 2.13. The van der Waals surface area contributed by atoms with E-state index >= 15 is 0 Å². The summed E-state index contributed by atoms with van der Waals surface area (Å²) in [7, 11) is 0. The zero-order valence-electron chi connectivity index (χ0n) is 10.9. The zero-order chi connectivity index (χ0) is 14.0. The van der Waals surface area contributed by atoms with E-state index in [2.05, 4.69) is 39.1 Å². The van der Waals surface area contributed by atoms with Gasteiger partial charge in [-0.2, -0.15) is 0 Å². The van der Waals surface area contributed by atoms with Crippen LogP contribution in [0.2, 0.25) is 0 Å². The van der Waals surface area contributed by atoms with Crippen molar-refractivity contribution in [2.24, 2.45) is 4.99 Å². The first-order chi connectivity index (χ1) is 8.89. The average molecular weight is 551 g/mol. The van der Waals surface area contributed by atoms with E-state index in [1.807, 2.05) is 25.0 Å². The van der Waals surface area contributed by atoms with E-state index < -0.39 is 21.4 Å². The van der Waals surface area contributed by atoms with Crippen molar-refractivity contribution in [2.45, 2.75) is 31.7 Å². The maximum absolute atomic E-state index is 12.1. The van der Waals surface area contributed by atoms with Crippen LogP contribution in [0.1, 0.15) is 26.3 Å². The van der Waals surface area contributed by atoms with Crippen molar-refractivity contribution < 1.29 is 26.8 Å². The Balaban J connectivity index is 2.13. The van der Waals surface area contributed by atoms with Crippen LogP contribution in [-0.4, -0.2) is 13.8 Å². The first-order valence-electron chi connectivity index (χ1n) is 5.69. The molecule has 0 saturated carbocycles. The Morgan fingerprint density at radius 2 is 2.21 bits per heavy atom. The molecule has 0 spiro atoms. The fourth-order valence-electron chi connectivity index (χ4n) is 1.34. The second-order valence-electron chi connectivity index (χ2n) is 4.93. The molecule has 0 radical (unpaired) electrons. The van der Waals surface area contributed by atoms with E-state index in [1.54, 1.807) is 0 Å². The molecule has 0 fully saturated rings. The predicted molar refractivity (Wildman–Crippen MR) is 86.2 cm³/mol. The van der Waals surface area contributed by atoms with Gasteiger partial charge in [-0.15, -0.1) is 0 Å². The van der Waals surface area contributed by atoms with Gasteiger partial charge in [0, 0.05) is 0 Å². The Hall–Kier alpha value is 0.300. The van der Waals surface area contributed by atoms with Gasteiger partial charge in [0.25, 0.3) is 0 Å². The molecule has 106 valence electrons. The van der Waals surface area contributed by atoms with Crippen molar-refractivity contribution in [1.29, 1.82) is 0 Å². The molecule has 1 aromatic carbocycles. The van der Waals surface area contributed by atoms with Crippen molar-refractivity contribution in [1.82, 2.24) is 0 Å². The molecule has 0 aliphatic carbocycles. The maximum atomic E-state index is 12.1. The SMILES string of the molecule is CC(C)(C)OC(=O)I1C=Nc2cc(CBr)ccc2[I-]1. The van der Waals surface area contributed by atoms with Crippen molar-refractivity contribution in [3.05, 3.63) is 27.3 Å². The molecule has 1 heterocycles. The van der Waals surface area contributed by atoms with E-state index in [-0.39, 0.29) is 21.2 Å². The summed E-state index contributed by atoms with van der Waals surface area (Å²) in [6, 6.07) is 6.34. The van der Waals surface area contributed by atoms with Crippen LogP contribution in [-0.2, 0) is 10.1 Å². The van der Waals surface area contributed by atoms with Crippen molar-refractivity contribution in [2.75, 3.05) is 0 Å². The summed E-state index contributed by atoms with van der Waals surface area (Å²) in [5.74, 6) is 0. The Morgan fingerprint density at radius 3 is 2.84 bits per heavy atom. The third kappa shape index (κ3) is 4.38. The number of ether oxygens (including phenoxy) is 1. The van der Waals surface area contributed by atoms with Gasteiger partial charge < -0.3 is 0 Å². The molecule has 1 aromatic rings. The fourth-order valence-corrected chi connectivity index (χ4v) is 13.5. The summed E-state index contributed by atoms with van der Waals surface area (Å²) >= 11 is 1.36. The molecule has 1 aliphatic rings. The van der Waals surface area contributed by atoms with Crippen LogP contribution in [0.25, 0.3) is 0 Å². The van der Waals surface area contributed by atoms with Gasteiger partial charge >= 0.3 is 136 Å². The number of halogens is 3. The molecule has 0 aromatic heterocycles. The van der Waals surface area contributed by atoms with Gasteiger partial charge in [-0.05, 0) is 0 Å². The van der Waals surface area contributed by atoms with E-state index in [0.717, 1.165) is 11.0 Å². The van der Waals surface area contributed by atoms with Crippen LogP contribution in [0.4, 0.5) is 10.5 Å². The van der Waals surface area contributed by atoms with Crippen molar-refractivity contribution in [3.8, 4) is 0 Å². The van der Waals surface area contributed by atoms with Crippen LogP contribution in [0.5, 0.6) is 0 Å². The van der Waals surface area contributed by atoms with Crippen LogP contribution >= 0.6 is 31.8 Å². The van der Waals surface area contributed by atoms with Crippen LogP contribution in [0.3, 0.4) is 0 Å². The third-order valence-corrected chi connectivity index (χ3v) is 15.9. The first-order valence-corrected chi connectivity index (χ1v) is 16.5. The quantitative estimate of drug-likeness (QED) is 0.320. The Labute approximate surface area is 135 Å². The van der Waals surface area contributed by atoms with Gasteiger partial charge in [-0.25, -0.2) is 0 Å². The van der Waals surface area contributed by atoms with E-state index in [0.29, 0.717) is 0 Å². The standard InChI is InChI=1S/C13H15BrI2NO2/c1-13(2,3)19-12(18)16-8-17-11-6-9(7-14)4-5-10(11)15-16/h4-6,8H,7H2,1-3H3/q-1. The van der Waals surface area contributed by atoms with Gasteiger partial charge in [0.1, 0.15) is 0 Å². The number of benzene rings is 1. The first kappa shape index (κ1) is 15.7. The van der Waals surface area contributed by atoms with Gasteiger partial charge in [0.15, 0.2) is 0 Å². The minimum absolute atomic E-state index is 0.00321. The Morgan fingerprint density at radius 1 is 1.47 bits per heavy atom. The molecule has 0 saturated heterocycles. The fraction of sp³-hybridized carbons (Fsp3) is 0.385. The summed E-state index contributed by atoms with van der Waals surface area (Å²) in [5.41, 5.74) is 1.87. The molecule has 2 rings (SSSR count). The van der Waals surface area contributed by atoms with Crippen LogP contribution < -0.4 is 17.2 Å². The molecule has 0 bridgehead atoms. The summed E-state index contributed by atoms with van der Waals surface area (Å²) in [4.78, 5) is 16.6. The molecule has 0 unspecified atom stereocenters. The number of nitrogens with zero attached hydrogens (tertiary/aromatic N) is 1. The van der Waals surface area contributed by atoms with Crippen LogP contribution in [0, 0.1) is 3.57 Å². The zero-order valence-corrected chi connectivity index (χ0v) is 16.8. The van der Waals surface area contributed by atoms with Crippen molar-refractivity contribution >= 4 is 45.7 Å². The summed E-state index contributed by atoms with van der Waals surface area (Å²) in [6.07, 6.45) is 0. The molecule has 0 N–H and O–H groups in total. The van der Waals surface area contributed by atoms with Crippen LogP contribution in [0.15, 0.2) is 23.2 Å². The molecule has 0 atom stereocenters. The van der Waals surface area contributed by atoms with Gasteiger partial charge in [-0.1, -0.05) is 0 Å². The monoisotopic (exact) mass is 550 g/mol. The molecular formula is C13H15BrI2NO2-. The summed E-state index contributed by atoms with van der Waals surface area (Å²) in [5, 5.41) is 0.836. The van der Waals surface area contributed by atoms with Crippen molar-refractivity contribution in [3.63, 3.8) is 0 Å². The summed E-state index contributed by atoms with van der Waals surface area (Å²) in [6.45, 7) is 5.74. The number of fused-ring (bicyclic) bond motifs is 1. The molecule has 19 heavy (non-hydrogen) atoms. The average Bonchev–Trinajstić information content (AvgIpc) is 2.35. The van der Waals surface area contributed by atoms with E-state index in [9.17, 15) is 4.79 Å². The van der Waals surface area contributed by atoms with E-state index in [1.165, 1.54) is 9.13 Å². The Kier molecular flexibility index (Phi) is 5.27. The topological polar surface area (TPSA) is 38.7 Å². The predicted octanol–water partition coefficient (Wildman–Crippen LogP) is 1.87. The second-order valence-corrected chi connectivity index (χ2v) is 18.6. The Bertz CT molecular complexity index is 526. The second kappa shape index (κ2) is 6.38. The van der Waals surface area contributed by atoms with Gasteiger partial charge in [-0.3, -0.25) is 0 Å². The van der Waals surface area contributed by atoms with E-state index in [4.69, 9.17) is 4.74 Å². The number of rotatable bonds is 2. The molecule has 1 aliphatic heterocycles. The molecule has 6 heteroatoms. The number of carbonyl (C=O) groups excluding carboxylic acids is 1. The molecule has 3 nitrogen and oxygen atoms in total. The number of aliphatic imine (C=N–C) groups is 1. The number of alkyl halides is 1. The number of carbonyl (C=O) groups is 1. The molecule has 0 amide bonds. The molecular weight excluding hydrogens is 536 g/mol. The van der Waals surface area contributed by atoms with Gasteiger partial charge in [0.2, 0.25) is 0 Å².